The topological polar surface area (TPSA) is 0 Å². The molecule has 0 saturated carbocycles. The van der Waals surface area contributed by atoms with Gasteiger partial charge >= 0.3 is 0 Å². The van der Waals surface area contributed by atoms with Gasteiger partial charge in [0.25, 0.3) is 0 Å². The maximum absolute atomic E-state index is 3.32. The van der Waals surface area contributed by atoms with Gasteiger partial charge in [-0.25, -0.2) is 0 Å². The smallest absolute Gasteiger partial charge is 0.00324 e. The molecule has 18 heavy (non-hydrogen) atoms. The van der Waals surface area contributed by atoms with Crippen LogP contribution in [0.1, 0.15) is 16.7 Å². The summed E-state index contributed by atoms with van der Waals surface area (Å²) < 4.78 is 0. The zero-order valence-electron chi connectivity index (χ0n) is 9.85. The molecule has 4 rings (SSSR count). The van der Waals surface area contributed by atoms with E-state index >= 15 is 0 Å². The van der Waals surface area contributed by atoms with Crippen LogP contribution < -0.4 is 0 Å². The average Bonchev–Trinajstić information content (AvgIpc) is 2.82. The van der Waals surface area contributed by atoms with Crippen molar-refractivity contribution in [3.8, 4) is 0 Å². The van der Waals surface area contributed by atoms with E-state index in [1.165, 1.54) is 33.0 Å². The Bertz CT molecular complexity index is 759. The quantitative estimate of drug-likeness (QED) is 0.448. The first-order valence-corrected chi connectivity index (χ1v) is 6.14. The van der Waals surface area contributed by atoms with Crippen LogP contribution in [-0.4, -0.2) is 0 Å². The molecule has 3 aromatic carbocycles. The van der Waals surface area contributed by atoms with Gasteiger partial charge in [0, 0.05) is 0 Å². The monoisotopic (exact) mass is 227 g/mol. The largest absolute Gasteiger partial charge is 0.0616 e. The van der Waals surface area contributed by atoms with Crippen LogP contribution in [0, 0.1) is 6.07 Å². The maximum Gasteiger partial charge on any atom is -0.00324 e. The maximum atomic E-state index is 3.32. The highest BCUT2D eigenvalue weighted by molar-refractivity contribution is 6.12. The second-order valence-electron chi connectivity index (χ2n) is 4.59. The first-order chi connectivity index (χ1) is 8.93. The number of rotatable bonds is 1. The van der Waals surface area contributed by atoms with E-state index in [9.17, 15) is 0 Å². The number of benzene rings is 3. The Morgan fingerprint density at radius 3 is 2.50 bits per heavy atom. The zero-order chi connectivity index (χ0) is 11.9. The molecule has 0 fully saturated rings. The fourth-order valence-electron chi connectivity index (χ4n) is 2.73. The summed E-state index contributed by atoms with van der Waals surface area (Å²) in [5.74, 6) is 0. The molecule has 0 unspecified atom stereocenters. The Morgan fingerprint density at radius 2 is 1.67 bits per heavy atom. The molecule has 0 bridgehead atoms. The Balaban J connectivity index is 2.04. The van der Waals surface area contributed by atoms with Crippen LogP contribution in [-0.2, 0) is 0 Å². The van der Waals surface area contributed by atoms with Crippen molar-refractivity contribution in [2.75, 3.05) is 0 Å². The molecule has 0 amide bonds. The summed E-state index contributed by atoms with van der Waals surface area (Å²) in [6.07, 6.45) is 2.27. The Hall–Kier alpha value is -2.34. The Morgan fingerprint density at radius 1 is 0.778 bits per heavy atom. The van der Waals surface area contributed by atoms with Gasteiger partial charge in [-0.05, 0) is 45.2 Å². The molecule has 1 aliphatic rings. The second kappa shape index (κ2) is 3.58. The van der Waals surface area contributed by atoms with Crippen LogP contribution in [0.15, 0.2) is 60.7 Å². The third-order valence-corrected chi connectivity index (χ3v) is 3.53. The van der Waals surface area contributed by atoms with E-state index in [-0.39, 0.29) is 0 Å². The summed E-state index contributed by atoms with van der Waals surface area (Å²) in [5, 5.41) is 2.68. The molecule has 0 N–H and O–H groups in total. The van der Waals surface area contributed by atoms with Crippen molar-refractivity contribution in [3.63, 3.8) is 0 Å². The molecule has 0 heteroatoms. The molecule has 83 valence electrons. The molecule has 3 aromatic rings. The summed E-state index contributed by atoms with van der Waals surface area (Å²) in [7, 11) is 0. The number of hydrogen-bond donors (Lipinski definition) is 0. The molecule has 0 aromatic heterocycles. The number of hydrogen-bond acceptors (Lipinski definition) is 0. The lowest BCUT2D eigenvalue weighted by Gasteiger charge is -2.05. The minimum absolute atomic E-state index is 1.17. The van der Waals surface area contributed by atoms with Gasteiger partial charge in [-0.1, -0.05) is 60.7 Å². The van der Waals surface area contributed by atoms with Gasteiger partial charge in [-0.3, -0.25) is 0 Å². The summed E-state index contributed by atoms with van der Waals surface area (Å²) in [4.78, 5) is 0. The van der Waals surface area contributed by atoms with E-state index in [1.54, 1.807) is 0 Å². The molecule has 0 nitrogen and oxygen atoms in total. The zero-order valence-corrected chi connectivity index (χ0v) is 9.85. The minimum atomic E-state index is 1.17. The predicted molar refractivity (Wildman–Crippen MR) is 76.2 cm³/mol. The van der Waals surface area contributed by atoms with Crippen LogP contribution in [0.3, 0.4) is 0 Å². The molecule has 0 heterocycles. The van der Waals surface area contributed by atoms with Crippen molar-refractivity contribution < 1.29 is 0 Å². The summed E-state index contributed by atoms with van der Waals surface area (Å²) >= 11 is 0. The van der Waals surface area contributed by atoms with Crippen LogP contribution in [0.5, 0.6) is 0 Å². The lowest BCUT2D eigenvalue weighted by Crippen LogP contribution is -1.84. The first kappa shape index (κ1) is 9.67. The molecule has 0 aliphatic heterocycles. The second-order valence-corrected chi connectivity index (χ2v) is 4.59. The van der Waals surface area contributed by atoms with Gasteiger partial charge in [-0.15, -0.1) is 0 Å². The van der Waals surface area contributed by atoms with Gasteiger partial charge < -0.3 is 0 Å². The molecular weight excluding hydrogens is 216 g/mol. The highest BCUT2D eigenvalue weighted by Crippen LogP contribution is 2.39. The van der Waals surface area contributed by atoms with Gasteiger partial charge in [0.2, 0.25) is 0 Å². The highest BCUT2D eigenvalue weighted by Gasteiger charge is 2.16. The van der Waals surface area contributed by atoms with Gasteiger partial charge in [-0.2, -0.15) is 0 Å². The summed E-state index contributed by atoms with van der Waals surface area (Å²) in [6.45, 7) is 0. The SMILES string of the molecule is [c]1ccccc1C1=Cc2cccc3cccc1c23. The third-order valence-electron chi connectivity index (χ3n) is 3.53. The summed E-state index contributed by atoms with van der Waals surface area (Å²) in [6, 6.07) is 24.5. The van der Waals surface area contributed by atoms with Crippen molar-refractivity contribution >= 4 is 22.4 Å². The van der Waals surface area contributed by atoms with Crippen molar-refractivity contribution in [3.05, 3.63) is 83.4 Å². The van der Waals surface area contributed by atoms with Crippen LogP contribution >= 0.6 is 0 Å². The van der Waals surface area contributed by atoms with Gasteiger partial charge in [0.1, 0.15) is 0 Å². The van der Waals surface area contributed by atoms with Gasteiger partial charge in [0.05, 0.1) is 0 Å². The molecule has 1 radical (unpaired) electrons. The lowest BCUT2D eigenvalue weighted by atomic mass is 9.98. The average molecular weight is 227 g/mol. The Labute approximate surface area is 106 Å². The van der Waals surface area contributed by atoms with Crippen LogP contribution in [0.4, 0.5) is 0 Å². The first-order valence-electron chi connectivity index (χ1n) is 6.14. The van der Waals surface area contributed by atoms with Crippen molar-refractivity contribution in [1.82, 2.24) is 0 Å². The van der Waals surface area contributed by atoms with Crippen LogP contribution in [0.2, 0.25) is 0 Å². The Kier molecular flexibility index (Phi) is 1.92. The van der Waals surface area contributed by atoms with E-state index in [2.05, 4.69) is 60.7 Å². The predicted octanol–water partition coefficient (Wildman–Crippen LogP) is 4.54. The molecular formula is C18H11. The highest BCUT2D eigenvalue weighted by atomic mass is 14.2. The minimum Gasteiger partial charge on any atom is -0.0616 e. The summed E-state index contributed by atoms with van der Waals surface area (Å²) in [5.41, 5.74) is 5.09. The van der Waals surface area contributed by atoms with E-state index < -0.39 is 0 Å². The molecule has 0 atom stereocenters. The van der Waals surface area contributed by atoms with E-state index in [4.69, 9.17) is 0 Å². The third kappa shape index (κ3) is 1.26. The standard InChI is InChI=1S/C18H11/c1-2-6-13(7-3-1)17-12-15-10-4-8-14-9-5-11-16(17)18(14)15/h1-6,8-12H. The fraction of sp³-hybridized carbons (Fsp3) is 0. The fourth-order valence-corrected chi connectivity index (χ4v) is 2.73. The van der Waals surface area contributed by atoms with E-state index in [0.717, 1.165) is 0 Å². The van der Waals surface area contributed by atoms with Crippen molar-refractivity contribution in [2.45, 2.75) is 0 Å². The molecule has 0 spiro atoms. The van der Waals surface area contributed by atoms with E-state index in [0.29, 0.717) is 0 Å². The van der Waals surface area contributed by atoms with Crippen molar-refractivity contribution in [2.24, 2.45) is 0 Å². The molecule has 1 aliphatic carbocycles. The molecule has 0 saturated heterocycles. The van der Waals surface area contributed by atoms with Crippen molar-refractivity contribution in [1.29, 1.82) is 0 Å². The van der Waals surface area contributed by atoms with Gasteiger partial charge in [0.15, 0.2) is 0 Å². The lowest BCUT2D eigenvalue weighted by molar-refractivity contribution is 1.59. The van der Waals surface area contributed by atoms with E-state index in [1.807, 2.05) is 12.1 Å². The normalized spacial score (nSPS) is 12.8. The van der Waals surface area contributed by atoms with Crippen LogP contribution in [0.25, 0.3) is 22.4 Å².